The number of furan rings is 1. The van der Waals surface area contributed by atoms with Crippen LogP contribution in [0, 0.1) is 0 Å². The predicted octanol–water partition coefficient (Wildman–Crippen LogP) is 7.47. The molecule has 0 bridgehead atoms. The molecule has 5 rings (SSSR count). The van der Waals surface area contributed by atoms with Gasteiger partial charge in [-0.25, -0.2) is 5.01 Å². The zero-order chi connectivity index (χ0) is 24.0. The highest BCUT2D eigenvalue weighted by molar-refractivity contribution is 6.01. The van der Waals surface area contributed by atoms with E-state index in [9.17, 15) is 0 Å². The van der Waals surface area contributed by atoms with E-state index in [1.54, 1.807) is 0 Å². The SMILES string of the molecule is CC(=NN(c1ccccc1)c1ccccc1)c1cc2cc(C=NN(C)c3ccccc3)ccc2o1. The first-order valence-corrected chi connectivity index (χ1v) is 11.5. The lowest BCUT2D eigenvalue weighted by Gasteiger charge is -2.20. The van der Waals surface area contributed by atoms with Gasteiger partial charge in [0, 0.05) is 12.4 Å². The van der Waals surface area contributed by atoms with E-state index >= 15 is 0 Å². The van der Waals surface area contributed by atoms with Gasteiger partial charge in [-0.3, -0.25) is 5.01 Å². The van der Waals surface area contributed by atoms with E-state index in [0.717, 1.165) is 45.1 Å². The fourth-order valence-electron chi connectivity index (χ4n) is 3.79. The zero-order valence-corrected chi connectivity index (χ0v) is 19.7. The molecule has 0 spiro atoms. The third-order valence-electron chi connectivity index (χ3n) is 5.66. The summed E-state index contributed by atoms with van der Waals surface area (Å²) in [7, 11) is 1.94. The first-order chi connectivity index (χ1) is 17.2. The van der Waals surface area contributed by atoms with Gasteiger partial charge in [-0.1, -0.05) is 54.6 Å². The summed E-state index contributed by atoms with van der Waals surface area (Å²) in [6.45, 7) is 1.97. The predicted molar refractivity (Wildman–Crippen MR) is 146 cm³/mol. The maximum Gasteiger partial charge on any atom is 0.151 e. The average molecular weight is 459 g/mol. The van der Waals surface area contributed by atoms with Crippen molar-refractivity contribution in [2.24, 2.45) is 10.2 Å². The van der Waals surface area contributed by atoms with Crippen molar-refractivity contribution in [3.8, 4) is 0 Å². The summed E-state index contributed by atoms with van der Waals surface area (Å²) in [5.74, 6) is 0.729. The number of fused-ring (bicyclic) bond motifs is 1. The van der Waals surface area contributed by atoms with Gasteiger partial charge < -0.3 is 4.42 Å². The molecule has 0 radical (unpaired) electrons. The van der Waals surface area contributed by atoms with Gasteiger partial charge in [0.15, 0.2) is 5.76 Å². The smallest absolute Gasteiger partial charge is 0.151 e. The number of para-hydroxylation sites is 3. The lowest BCUT2D eigenvalue weighted by atomic mass is 10.1. The van der Waals surface area contributed by atoms with Gasteiger partial charge in [0.25, 0.3) is 0 Å². The molecule has 0 aliphatic heterocycles. The molecule has 0 saturated carbocycles. The van der Waals surface area contributed by atoms with Crippen LogP contribution in [0.25, 0.3) is 11.0 Å². The maximum atomic E-state index is 6.14. The molecule has 5 aromatic rings. The van der Waals surface area contributed by atoms with Crippen LogP contribution >= 0.6 is 0 Å². The minimum atomic E-state index is 0.729. The highest BCUT2D eigenvalue weighted by Crippen LogP contribution is 2.27. The Hall–Kier alpha value is -4.64. The van der Waals surface area contributed by atoms with Gasteiger partial charge in [-0.2, -0.15) is 10.2 Å². The number of rotatable bonds is 7. The fraction of sp³-hybridized carbons (Fsp3) is 0.0667. The second-order valence-electron chi connectivity index (χ2n) is 8.18. The topological polar surface area (TPSA) is 44.3 Å². The Labute approximate surface area is 205 Å². The maximum absolute atomic E-state index is 6.14. The number of hydrogen-bond donors (Lipinski definition) is 0. The summed E-state index contributed by atoms with van der Waals surface area (Å²) in [6, 6.07) is 38.3. The summed E-state index contributed by atoms with van der Waals surface area (Å²) in [4.78, 5) is 0. The molecule has 35 heavy (non-hydrogen) atoms. The van der Waals surface area contributed by atoms with Crippen LogP contribution in [0.5, 0.6) is 0 Å². The Morgan fingerprint density at radius 2 is 1.29 bits per heavy atom. The molecule has 5 nitrogen and oxygen atoms in total. The van der Waals surface area contributed by atoms with Gasteiger partial charge in [0.2, 0.25) is 0 Å². The van der Waals surface area contributed by atoms with Crippen molar-refractivity contribution in [2.75, 3.05) is 17.1 Å². The van der Waals surface area contributed by atoms with E-state index in [1.165, 1.54) is 0 Å². The van der Waals surface area contributed by atoms with Crippen LogP contribution in [0.2, 0.25) is 0 Å². The highest BCUT2D eigenvalue weighted by atomic mass is 16.3. The summed E-state index contributed by atoms with van der Waals surface area (Å²) in [5, 5.41) is 14.3. The van der Waals surface area contributed by atoms with E-state index in [2.05, 4.69) is 11.2 Å². The lowest BCUT2D eigenvalue weighted by molar-refractivity contribution is 0.604. The first-order valence-electron chi connectivity index (χ1n) is 11.5. The summed E-state index contributed by atoms with van der Waals surface area (Å²) < 4.78 is 6.14. The van der Waals surface area contributed by atoms with Gasteiger partial charge in [0.05, 0.1) is 23.3 Å². The zero-order valence-electron chi connectivity index (χ0n) is 19.7. The molecule has 0 amide bonds. The van der Waals surface area contributed by atoms with Crippen molar-refractivity contribution in [3.63, 3.8) is 0 Å². The molecule has 4 aromatic carbocycles. The van der Waals surface area contributed by atoms with E-state index < -0.39 is 0 Å². The van der Waals surface area contributed by atoms with E-state index in [4.69, 9.17) is 9.52 Å². The fourth-order valence-corrected chi connectivity index (χ4v) is 3.79. The number of hydrazone groups is 2. The Morgan fingerprint density at radius 1 is 0.714 bits per heavy atom. The minimum absolute atomic E-state index is 0.729. The number of benzene rings is 4. The molecule has 5 heteroatoms. The quantitative estimate of drug-likeness (QED) is 0.188. The second-order valence-corrected chi connectivity index (χ2v) is 8.18. The highest BCUT2D eigenvalue weighted by Gasteiger charge is 2.12. The molecule has 172 valence electrons. The van der Waals surface area contributed by atoms with E-state index in [-0.39, 0.29) is 0 Å². The van der Waals surface area contributed by atoms with Gasteiger partial charge in [-0.15, -0.1) is 0 Å². The van der Waals surface area contributed by atoms with Crippen molar-refractivity contribution in [3.05, 3.63) is 127 Å². The largest absolute Gasteiger partial charge is 0.455 e. The van der Waals surface area contributed by atoms with Crippen LogP contribution < -0.4 is 10.0 Å². The Balaban J connectivity index is 1.42. The Morgan fingerprint density at radius 3 is 1.89 bits per heavy atom. The average Bonchev–Trinajstić information content (AvgIpc) is 3.35. The van der Waals surface area contributed by atoms with Crippen LogP contribution in [-0.2, 0) is 0 Å². The molecule has 1 aromatic heterocycles. The van der Waals surface area contributed by atoms with Crippen molar-refractivity contribution in [1.82, 2.24) is 0 Å². The molecule has 1 heterocycles. The molecule has 0 fully saturated rings. The van der Waals surface area contributed by atoms with Gasteiger partial charge in [0.1, 0.15) is 11.3 Å². The summed E-state index contributed by atoms with van der Waals surface area (Å²) in [6.07, 6.45) is 1.85. The molecular formula is C30H26N4O. The summed E-state index contributed by atoms with van der Waals surface area (Å²) in [5.41, 5.74) is 5.59. The second kappa shape index (κ2) is 10.1. The summed E-state index contributed by atoms with van der Waals surface area (Å²) >= 11 is 0. The van der Waals surface area contributed by atoms with Crippen molar-refractivity contribution in [1.29, 1.82) is 0 Å². The van der Waals surface area contributed by atoms with Crippen LogP contribution in [-0.4, -0.2) is 19.0 Å². The standard InChI is InChI=1S/C30H26N4O/c1-23(32-34(27-14-8-4-9-15-27)28-16-10-5-11-17-28)30-21-25-20-24(18-19-29(25)35-30)22-31-33(2)26-12-6-3-7-13-26/h3-22H,1-2H3. The molecule has 0 saturated heterocycles. The van der Waals surface area contributed by atoms with Crippen molar-refractivity contribution in [2.45, 2.75) is 6.92 Å². The van der Waals surface area contributed by atoms with Crippen LogP contribution in [0.15, 0.2) is 130 Å². The third kappa shape index (κ3) is 5.14. The molecular weight excluding hydrogens is 432 g/mol. The first kappa shape index (κ1) is 22.2. The van der Waals surface area contributed by atoms with Gasteiger partial charge >= 0.3 is 0 Å². The molecule has 0 unspecified atom stereocenters. The van der Waals surface area contributed by atoms with Crippen LogP contribution in [0.1, 0.15) is 18.2 Å². The number of hydrogen-bond acceptors (Lipinski definition) is 5. The number of nitrogens with zero attached hydrogens (tertiary/aromatic N) is 4. The van der Waals surface area contributed by atoms with Gasteiger partial charge in [-0.05, 0) is 73.2 Å². The number of anilines is 3. The molecule has 0 N–H and O–H groups in total. The van der Waals surface area contributed by atoms with E-state index in [0.29, 0.717) is 0 Å². The Bertz CT molecular complexity index is 1420. The Kier molecular flexibility index (Phi) is 6.39. The van der Waals surface area contributed by atoms with Crippen molar-refractivity contribution < 1.29 is 4.42 Å². The molecule has 0 atom stereocenters. The monoisotopic (exact) mass is 458 g/mol. The molecule has 0 aliphatic carbocycles. The van der Waals surface area contributed by atoms with Crippen LogP contribution in [0.4, 0.5) is 17.1 Å². The lowest BCUT2D eigenvalue weighted by Crippen LogP contribution is -2.12. The minimum Gasteiger partial charge on any atom is -0.455 e. The van der Waals surface area contributed by atoms with Crippen LogP contribution in [0.3, 0.4) is 0 Å². The third-order valence-corrected chi connectivity index (χ3v) is 5.66. The van der Waals surface area contributed by atoms with E-state index in [1.807, 2.05) is 139 Å². The van der Waals surface area contributed by atoms with Crippen molar-refractivity contribution >= 4 is 40.0 Å². The molecule has 0 aliphatic rings. The normalized spacial score (nSPS) is 11.8.